The van der Waals surface area contributed by atoms with Crippen LogP contribution < -0.4 is 15.2 Å². The van der Waals surface area contributed by atoms with Gasteiger partial charge in [-0.15, -0.1) is 0 Å². The summed E-state index contributed by atoms with van der Waals surface area (Å²) in [5.41, 5.74) is 3.73. The average molecular weight is 390 g/mol. The van der Waals surface area contributed by atoms with Gasteiger partial charge in [-0.3, -0.25) is 14.3 Å². The molecule has 5 rings (SSSR count). The molecule has 3 aromatic rings. The number of fused-ring (bicyclic) bond motifs is 1. The van der Waals surface area contributed by atoms with Crippen LogP contribution in [0.5, 0.6) is 5.75 Å². The van der Waals surface area contributed by atoms with E-state index in [1.54, 1.807) is 30.1 Å². The minimum absolute atomic E-state index is 0.0891. The fourth-order valence-corrected chi connectivity index (χ4v) is 3.99. The summed E-state index contributed by atoms with van der Waals surface area (Å²) in [5.74, 6) is 1.60. The van der Waals surface area contributed by atoms with Crippen molar-refractivity contribution in [1.82, 2.24) is 14.5 Å². The van der Waals surface area contributed by atoms with E-state index in [0.717, 1.165) is 23.3 Å². The van der Waals surface area contributed by atoms with Crippen LogP contribution in [0.4, 0.5) is 5.95 Å². The Labute approximate surface area is 168 Å². The van der Waals surface area contributed by atoms with Crippen LogP contribution in [0.3, 0.4) is 0 Å². The Morgan fingerprint density at radius 2 is 2.00 bits per heavy atom. The van der Waals surface area contributed by atoms with Crippen LogP contribution in [0.1, 0.15) is 17.2 Å². The Balaban J connectivity index is 1.49. The predicted octanol–water partition coefficient (Wildman–Crippen LogP) is 2.36. The molecule has 1 fully saturated rings. The molecule has 148 valence electrons. The fraction of sp³-hybridized carbons (Fsp3) is 0.318. The lowest BCUT2D eigenvalue weighted by Gasteiger charge is -2.35. The highest BCUT2D eigenvalue weighted by Gasteiger charge is 2.29. The lowest BCUT2D eigenvalue weighted by molar-refractivity contribution is 0.0374. The molecule has 0 bridgehead atoms. The second kappa shape index (κ2) is 7.33. The molecule has 1 atom stereocenters. The molecule has 2 aliphatic rings. The zero-order valence-corrected chi connectivity index (χ0v) is 16.2. The first-order valence-corrected chi connectivity index (χ1v) is 9.80. The van der Waals surface area contributed by atoms with E-state index in [9.17, 15) is 4.79 Å². The van der Waals surface area contributed by atoms with Crippen LogP contribution in [0, 0.1) is 0 Å². The zero-order valence-electron chi connectivity index (χ0n) is 16.2. The molecule has 2 aromatic heterocycles. The minimum Gasteiger partial charge on any atom is -0.493 e. The van der Waals surface area contributed by atoms with Gasteiger partial charge in [-0.05, 0) is 17.7 Å². The third kappa shape index (κ3) is 3.27. The van der Waals surface area contributed by atoms with Crippen molar-refractivity contribution in [3.05, 3.63) is 70.3 Å². The first-order valence-electron chi connectivity index (χ1n) is 9.80. The van der Waals surface area contributed by atoms with E-state index >= 15 is 0 Å². The van der Waals surface area contributed by atoms with Crippen LogP contribution >= 0.6 is 0 Å². The van der Waals surface area contributed by atoms with Crippen molar-refractivity contribution < 1.29 is 9.47 Å². The van der Waals surface area contributed by atoms with Gasteiger partial charge in [0.25, 0.3) is 5.56 Å². The number of para-hydroxylation sites is 1. The quantitative estimate of drug-likeness (QED) is 0.684. The van der Waals surface area contributed by atoms with Crippen molar-refractivity contribution >= 4 is 5.95 Å². The van der Waals surface area contributed by atoms with E-state index in [0.29, 0.717) is 37.9 Å². The maximum atomic E-state index is 12.6. The number of anilines is 1. The van der Waals surface area contributed by atoms with Gasteiger partial charge in [-0.2, -0.15) is 0 Å². The van der Waals surface area contributed by atoms with Crippen molar-refractivity contribution in [1.29, 1.82) is 0 Å². The molecule has 0 unspecified atom stereocenters. The number of benzene rings is 1. The topological polar surface area (TPSA) is 69.5 Å². The van der Waals surface area contributed by atoms with Crippen molar-refractivity contribution in [2.45, 2.75) is 12.5 Å². The Bertz CT molecular complexity index is 1100. The van der Waals surface area contributed by atoms with Crippen LogP contribution in [0.25, 0.3) is 11.3 Å². The lowest BCUT2D eigenvalue weighted by atomic mass is 10.0. The summed E-state index contributed by atoms with van der Waals surface area (Å²) >= 11 is 0. The molecule has 29 heavy (non-hydrogen) atoms. The van der Waals surface area contributed by atoms with Crippen LogP contribution in [-0.2, 0) is 18.2 Å². The van der Waals surface area contributed by atoms with E-state index in [4.69, 9.17) is 14.5 Å². The molecule has 1 aromatic carbocycles. The van der Waals surface area contributed by atoms with Crippen molar-refractivity contribution in [2.75, 3.05) is 31.2 Å². The SMILES string of the molecule is Cn1c(N2CCO[C@@H](c3cccc4c3OCC4)C2)nc(-c2ccncc2)cc1=O. The van der Waals surface area contributed by atoms with Gasteiger partial charge in [0.15, 0.2) is 0 Å². The van der Waals surface area contributed by atoms with Gasteiger partial charge in [0.1, 0.15) is 11.9 Å². The summed E-state index contributed by atoms with van der Waals surface area (Å²) in [4.78, 5) is 23.6. The summed E-state index contributed by atoms with van der Waals surface area (Å²) in [6.45, 7) is 2.56. The van der Waals surface area contributed by atoms with Crippen molar-refractivity contribution in [2.24, 2.45) is 7.05 Å². The summed E-state index contributed by atoms with van der Waals surface area (Å²) in [5, 5.41) is 0. The predicted molar refractivity (Wildman–Crippen MR) is 109 cm³/mol. The number of rotatable bonds is 3. The molecule has 1 saturated heterocycles. The standard InChI is InChI=1S/C22H22N4O3/c1-25-20(27)13-18(15-5-8-23-9-6-15)24-22(25)26-10-12-28-19(14-26)17-4-2-3-16-7-11-29-21(16)17/h2-6,8-9,13,19H,7,10-12,14H2,1H3/t19-/m1/s1. The number of hydrogen-bond donors (Lipinski definition) is 0. The Kier molecular flexibility index (Phi) is 4.52. The van der Waals surface area contributed by atoms with Crippen molar-refractivity contribution in [3.63, 3.8) is 0 Å². The normalized spacial score (nSPS) is 18.4. The zero-order chi connectivity index (χ0) is 19.8. The second-order valence-electron chi connectivity index (χ2n) is 7.31. The molecule has 0 saturated carbocycles. The second-order valence-corrected chi connectivity index (χ2v) is 7.31. The molecule has 4 heterocycles. The molecule has 2 aliphatic heterocycles. The van der Waals surface area contributed by atoms with Gasteiger partial charge in [-0.1, -0.05) is 18.2 Å². The molecule has 7 nitrogen and oxygen atoms in total. The minimum atomic E-state index is -0.127. The Morgan fingerprint density at radius 3 is 2.86 bits per heavy atom. The van der Waals surface area contributed by atoms with Crippen LogP contribution in [-0.4, -0.2) is 40.8 Å². The van der Waals surface area contributed by atoms with Crippen molar-refractivity contribution in [3.8, 4) is 17.0 Å². The summed E-state index contributed by atoms with van der Waals surface area (Å²) in [7, 11) is 1.76. The number of hydrogen-bond acceptors (Lipinski definition) is 6. The first kappa shape index (κ1) is 17.9. The van der Waals surface area contributed by atoms with Gasteiger partial charge < -0.3 is 14.4 Å². The molecule has 7 heteroatoms. The highest BCUT2D eigenvalue weighted by molar-refractivity contribution is 5.59. The van der Waals surface area contributed by atoms with Gasteiger partial charge >= 0.3 is 0 Å². The Morgan fingerprint density at radius 1 is 1.14 bits per heavy atom. The largest absolute Gasteiger partial charge is 0.493 e. The highest BCUT2D eigenvalue weighted by atomic mass is 16.5. The average Bonchev–Trinajstić information content (AvgIpc) is 3.25. The third-order valence-corrected chi connectivity index (χ3v) is 5.53. The molecular weight excluding hydrogens is 368 g/mol. The number of morpholine rings is 1. The molecule has 0 spiro atoms. The smallest absolute Gasteiger partial charge is 0.255 e. The third-order valence-electron chi connectivity index (χ3n) is 5.53. The van der Waals surface area contributed by atoms with Gasteiger partial charge in [0.05, 0.1) is 25.5 Å². The molecule has 0 aliphatic carbocycles. The highest BCUT2D eigenvalue weighted by Crippen LogP contribution is 2.36. The van der Waals surface area contributed by atoms with Gasteiger partial charge in [0, 0.05) is 49.6 Å². The van der Waals surface area contributed by atoms with Crippen LogP contribution in [0.15, 0.2) is 53.6 Å². The number of pyridine rings is 1. The maximum Gasteiger partial charge on any atom is 0.255 e. The monoisotopic (exact) mass is 390 g/mol. The molecular formula is C22H22N4O3. The van der Waals surface area contributed by atoms with E-state index in [1.165, 1.54) is 5.56 Å². The maximum absolute atomic E-state index is 12.6. The first-order chi connectivity index (χ1) is 14.2. The lowest BCUT2D eigenvalue weighted by Crippen LogP contribution is -2.41. The van der Waals surface area contributed by atoms with E-state index in [1.807, 2.05) is 12.1 Å². The molecule has 0 amide bonds. The fourth-order valence-electron chi connectivity index (χ4n) is 3.99. The van der Waals surface area contributed by atoms with E-state index in [2.05, 4.69) is 28.1 Å². The number of nitrogens with zero attached hydrogens (tertiary/aromatic N) is 4. The van der Waals surface area contributed by atoms with E-state index < -0.39 is 0 Å². The summed E-state index contributed by atoms with van der Waals surface area (Å²) in [6, 6.07) is 11.5. The number of aromatic nitrogens is 3. The Hall–Kier alpha value is -3.19. The van der Waals surface area contributed by atoms with Gasteiger partial charge in [-0.25, -0.2) is 4.98 Å². The van der Waals surface area contributed by atoms with Gasteiger partial charge in [0.2, 0.25) is 5.95 Å². The number of ether oxygens (including phenoxy) is 2. The molecule has 0 N–H and O–H groups in total. The van der Waals surface area contributed by atoms with E-state index in [-0.39, 0.29) is 11.7 Å². The molecule has 0 radical (unpaired) electrons. The summed E-state index contributed by atoms with van der Waals surface area (Å²) in [6.07, 6.45) is 4.21. The summed E-state index contributed by atoms with van der Waals surface area (Å²) < 4.78 is 13.5. The van der Waals surface area contributed by atoms with Crippen LogP contribution in [0.2, 0.25) is 0 Å².